The number of non-ortho nitro benzene ring substituents is 2. The Labute approximate surface area is 283 Å². The van der Waals surface area contributed by atoms with Crippen LogP contribution in [0.3, 0.4) is 0 Å². The number of ether oxygens (including phenoxy) is 2. The lowest BCUT2D eigenvalue weighted by atomic mass is 9.60. The summed E-state index contributed by atoms with van der Waals surface area (Å²) in [4.78, 5) is 21.9. The molecule has 1 saturated carbocycles. The third-order valence-corrected chi connectivity index (χ3v) is 10.7. The molecule has 0 spiro atoms. The molecule has 0 saturated heterocycles. The molecule has 0 N–H and O–H groups in total. The first-order valence-electron chi connectivity index (χ1n) is 16.6. The highest BCUT2D eigenvalue weighted by molar-refractivity contribution is 5.53. The first-order chi connectivity index (χ1) is 22.5. The molecule has 1 aliphatic rings. The maximum Gasteiger partial charge on any atom is 0.273 e. The standard InChI is InChI=1S/C40H46N2O6/c1-24-10-12-33(41(43)44)22-35(24)47-37-26(3)18-31(19-27(37)4)39(7,8)30-14-16-40(9,17-15-30)32-20-28(5)38(29(6)21-32)48-36-23-34(42(45)46)13-11-25(36)2/h10-13,18-23,30H,14-17H2,1-9H3. The van der Waals surface area contributed by atoms with Crippen LogP contribution in [0.1, 0.15) is 91.0 Å². The van der Waals surface area contributed by atoms with Crippen LogP contribution in [0.4, 0.5) is 11.4 Å². The highest BCUT2D eigenvalue weighted by Crippen LogP contribution is 2.50. The van der Waals surface area contributed by atoms with Gasteiger partial charge in [0.1, 0.15) is 23.0 Å². The topological polar surface area (TPSA) is 105 Å². The van der Waals surface area contributed by atoms with Gasteiger partial charge in [-0.2, -0.15) is 0 Å². The fraction of sp³-hybridized carbons (Fsp3) is 0.400. The van der Waals surface area contributed by atoms with Crippen molar-refractivity contribution in [2.45, 2.75) is 98.8 Å². The minimum Gasteiger partial charge on any atom is -0.456 e. The molecule has 48 heavy (non-hydrogen) atoms. The van der Waals surface area contributed by atoms with Gasteiger partial charge >= 0.3 is 0 Å². The van der Waals surface area contributed by atoms with Gasteiger partial charge in [0.15, 0.2) is 0 Å². The second-order valence-electron chi connectivity index (χ2n) is 14.6. The lowest BCUT2D eigenvalue weighted by Gasteiger charge is -2.44. The van der Waals surface area contributed by atoms with Crippen molar-refractivity contribution in [1.82, 2.24) is 0 Å². The molecule has 1 fully saturated rings. The molecule has 0 heterocycles. The van der Waals surface area contributed by atoms with Crippen molar-refractivity contribution in [2.75, 3.05) is 0 Å². The Hall–Kier alpha value is -4.72. The van der Waals surface area contributed by atoms with Crippen molar-refractivity contribution in [3.8, 4) is 23.0 Å². The molecule has 4 aromatic carbocycles. The Morgan fingerprint density at radius 1 is 0.646 bits per heavy atom. The summed E-state index contributed by atoms with van der Waals surface area (Å²) in [5.41, 5.74) is 8.34. The number of nitro groups is 2. The lowest BCUT2D eigenvalue weighted by Crippen LogP contribution is -2.37. The summed E-state index contributed by atoms with van der Waals surface area (Å²) in [6.45, 7) is 19.0. The molecule has 0 radical (unpaired) electrons. The summed E-state index contributed by atoms with van der Waals surface area (Å²) in [7, 11) is 0. The molecule has 0 aromatic heterocycles. The quantitative estimate of drug-likeness (QED) is 0.132. The molecule has 0 amide bonds. The van der Waals surface area contributed by atoms with E-state index in [4.69, 9.17) is 9.47 Å². The molecule has 0 aliphatic heterocycles. The summed E-state index contributed by atoms with van der Waals surface area (Å²) in [5.74, 6) is 2.99. The Bertz CT molecular complexity index is 1860. The second-order valence-corrected chi connectivity index (χ2v) is 14.6. The van der Waals surface area contributed by atoms with Gasteiger partial charge in [0.2, 0.25) is 0 Å². The fourth-order valence-electron chi connectivity index (χ4n) is 7.29. The number of rotatable bonds is 9. The molecular formula is C40H46N2O6. The van der Waals surface area contributed by atoms with Crippen molar-refractivity contribution >= 4 is 11.4 Å². The highest BCUT2D eigenvalue weighted by atomic mass is 16.6. The van der Waals surface area contributed by atoms with Crippen LogP contribution < -0.4 is 9.47 Å². The monoisotopic (exact) mass is 650 g/mol. The van der Waals surface area contributed by atoms with E-state index in [1.165, 1.54) is 35.4 Å². The lowest BCUT2D eigenvalue weighted by molar-refractivity contribution is -0.385. The molecule has 8 heteroatoms. The highest BCUT2D eigenvalue weighted by Gasteiger charge is 2.40. The zero-order valence-corrected chi connectivity index (χ0v) is 29.5. The Kier molecular flexibility index (Phi) is 9.42. The molecule has 4 aromatic rings. The van der Waals surface area contributed by atoms with E-state index in [1.54, 1.807) is 12.1 Å². The average Bonchev–Trinajstić information content (AvgIpc) is 3.02. The molecule has 8 nitrogen and oxygen atoms in total. The molecule has 0 unspecified atom stereocenters. The molecule has 1 aliphatic carbocycles. The van der Waals surface area contributed by atoms with Crippen LogP contribution in [0.15, 0.2) is 60.7 Å². The number of benzene rings is 4. The van der Waals surface area contributed by atoms with Gasteiger partial charge in [-0.1, -0.05) is 45.0 Å². The Morgan fingerprint density at radius 2 is 1.04 bits per heavy atom. The van der Waals surface area contributed by atoms with Crippen LogP contribution in [0, 0.1) is 67.7 Å². The summed E-state index contributed by atoms with van der Waals surface area (Å²) >= 11 is 0. The van der Waals surface area contributed by atoms with E-state index in [0.29, 0.717) is 17.4 Å². The number of nitro benzene ring substituents is 2. The zero-order valence-electron chi connectivity index (χ0n) is 29.5. The summed E-state index contributed by atoms with van der Waals surface area (Å²) in [6, 6.07) is 18.3. The predicted molar refractivity (Wildman–Crippen MR) is 190 cm³/mol. The minimum absolute atomic E-state index is 0.0121. The molecule has 0 atom stereocenters. The first kappa shape index (κ1) is 34.6. The van der Waals surface area contributed by atoms with Gasteiger partial charge in [-0.25, -0.2) is 0 Å². The van der Waals surface area contributed by atoms with Crippen molar-refractivity contribution in [2.24, 2.45) is 5.92 Å². The van der Waals surface area contributed by atoms with Crippen molar-refractivity contribution in [3.05, 3.63) is 125 Å². The number of nitrogens with zero attached hydrogens (tertiary/aromatic N) is 2. The number of hydrogen-bond donors (Lipinski definition) is 0. The normalized spacial score (nSPS) is 18.0. The number of aryl methyl sites for hydroxylation is 6. The van der Waals surface area contributed by atoms with Crippen LogP contribution in [-0.2, 0) is 10.8 Å². The third kappa shape index (κ3) is 6.80. The van der Waals surface area contributed by atoms with Gasteiger partial charge in [-0.3, -0.25) is 20.2 Å². The van der Waals surface area contributed by atoms with E-state index < -0.39 is 9.85 Å². The summed E-state index contributed by atoms with van der Waals surface area (Å²) in [5, 5.41) is 22.7. The Morgan fingerprint density at radius 3 is 1.44 bits per heavy atom. The minimum atomic E-state index is -0.400. The van der Waals surface area contributed by atoms with Crippen LogP contribution >= 0.6 is 0 Å². The number of hydrogen-bond acceptors (Lipinski definition) is 6. The predicted octanol–water partition coefficient (Wildman–Crippen LogP) is 11.4. The smallest absolute Gasteiger partial charge is 0.273 e. The van der Waals surface area contributed by atoms with Crippen LogP contribution in [0.25, 0.3) is 0 Å². The van der Waals surface area contributed by atoms with Gasteiger partial charge in [-0.05, 0) is 141 Å². The molecule has 5 rings (SSSR count). The summed E-state index contributed by atoms with van der Waals surface area (Å²) < 4.78 is 12.6. The first-order valence-corrected chi connectivity index (χ1v) is 16.6. The van der Waals surface area contributed by atoms with E-state index in [2.05, 4.69) is 58.9 Å². The summed E-state index contributed by atoms with van der Waals surface area (Å²) in [6.07, 6.45) is 4.32. The fourth-order valence-corrected chi connectivity index (χ4v) is 7.29. The van der Waals surface area contributed by atoms with E-state index >= 15 is 0 Å². The largest absolute Gasteiger partial charge is 0.456 e. The molecule has 0 bridgehead atoms. The third-order valence-electron chi connectivity index (χ3n) is 10.7. The van der Waals surface area contributed by atoms with Crippen molar-refractivity contribution < 1.29 is 19.3 Å². The maximum absolute atomic E-state index is 11.3. The van der Waals surface area contributed by atoms with E-state index in [9.17, 15) is 20.2 Å². The zero-order chi connectivity index (χ0) is 35.1. The van der Waals surface area contributed by atoms with Gasteiger partial charge < -0.3 is 9.47 Å². The van der Waals surface area contributed by atoms with Gasteiger partial charge in [0, 0.05) is 12.1 Å². The molecular weight excluding hydrogens is 604 g/mol. The Balaban J connectivity index is 1.32. The van der Waals surface area contributed by atoms with Gasteiger partial charge in [0.25, 0.3) is 11.4 Å². The van der Waals surface area contributed by atoms with Crippen LogP contribution in [-0.4, -0.2) is 9.85 Å². The van der Waals surface area contributed by atoms with Gasteiger partial charge in [-0.15, -0.1) is 0 Å². The average molecular weight is 651 g/mol. The van der Waals surface area contributed by atoms with Crippen LogP contribution in [0.5, 0.6) is 23.0 Å². The van der Waals surface area contributed by atoms with Crippen molar-refractivity contribution in [3.63, 3.8) is 0 Å². The van der Waals surface area contributed by atoms with E-state index in [1.807, 2.05) is 27.7 Å². The second kappa shape index (κ2) is 13.1. The maximum atomic E-state index is 11.3. The van der Waals surface area contributed by atoms with Gasteiger partial charge in [0.05, 0.1) is 22.0 Å². The SMILES string of the molecule is Cc1ccc([N+](=O)[O-])cc1Oc1c(C)cc(C2(C)CCC(C(C)(C)c3cc(C)c(Oc4cc([N+](=O)[O-])ccc4C)c(C)c3)CC2)cc1C. The van der Waals surface area contributed by atoms with Crippen LogP contribution in [0.2, 0.25) is 0 Å². The van der Waals surface area contributed by atoms with Crippen molar-refractivity contribution in [1.29, 1.82) is 0 Å². The van der Waals surface area contributed by atoms with E-state index in [-0.39, 0.29) is 22.2 Å². The van der Waals surface area contributed by atoms with E-state index in [0.717, 1.165) is 70.6 Å². The molecule has 252 valence electrons.